The quantitative estimate of drug-likeness (QED) is 0.743. The van der Waals surface area contributed by atoms with Gasteiger partial charge in [-0.15, -0.1) is 11.3 Å². The summed E-state index contributed by atoms with van der Waals surface area (Å²) in [6.45, 7) is 4.74. The van der Waals surface area contributed by atoms with Crippen LogP contribution in [0, 0.1) is 0 Å². The van der Waals surface area contributed by atoms with E-state index in [9.17, 15) is 9.59 Å². The molecule has 0 spiro atoms. The molecule has 3 aromatic rings. The number of aryl methyl sites for hydroxylation is 2. The van der Waals surface area contributed by atoms with Gasteiger partial charge in [0.25, 0.3) is 5.56 Å². The first-order valence-electron chi connectivity index (χ1n) is 7.42. The Balaban J connectivity index is 1.91. The van der Waals surface area contributed by atoms with Crippen molar-refractivity contribution >= 4 is 27.4 Å². The normalized spacial score (nSPS) is 11.0. The maximum atomic E-state index is 11.9. The number of nitrogens with zero attached hydrogens (tertiary/aromatic N) is 3. The molecule has 3 rings (SSSR count). The average molecular weight is 331 g/mol. The lowest BCUT2D eigenvalue weighted by molar-refractivity contribution is 0.683. The Bertz CT molecular complexity index is 956. The first kappa shape index (κ1) is 15.4. The van der Waals surface area contributed by atoms with Crippen molar-refractivity contribution in [1.82, 2.24) is 19.5 Å². The van der Waals surface area contributed by atoms with Crippen LogP contribution >= 0.6 is 11.3 Å². The van der Waals surface area contributed by atoms with Crippen molar-refractivity contribution in [3.05, 3.63) is 49.9 Å². The van der Waals surface area contributed by atoms with Gasteiger partial charge in [0.2, 0.25) is 0 Å². The summed E-state index contributed by atoms with van der Waals surface area (Å²) < 4.78 is 1.47. The first-order valence-corrected chi connectivity index (χ1v) is 8.24. The van der Waals surface area contributed by atoms with Crippen LogP contribution in [0.4, 0.5) is 5.82 Å². The Hall–Kier alpha value is -2.48. The highest BCUT2D eigenvalue weighted by atomic mass is 32.1. The molecule has 0 radical (unpaired) electrons. The molecule has 0 saturated carbocycles. The van der Waals surface area contributed by atoms with Gasteiger partial charge in [-0.25, -0.2) is 14.8 Å². The number of hydrogen-bond donors (Lipinski definition) is 2. The summed E-state index contributed by atoms with van der Waals surface area (Å²) in [4.78, 5) is 36.5. The van der Waals surface area contributed by atoms with Crippen LogP contribution in [0.15, 0.2) is 28.2 Å². The van der Waals surface area contributed by atoms with Crippen molar-refractivity contribution in [1.29, 1.82) is 0 Å². The fourth-order valence-corrected chi connectivity index (χ4v) is 3.25. The topological polar surface area (TPSA) is 92.7 Å². The molecule has 0 atom stereocenters. The Morgan fingerprint density at radius 1 is 1.30 bits per heavy atom. The molecule has 0 aliphatic carbocycles. The molecule has 0 bridgehead atoms. The summed E-state index contributed by atoms with van der Waals surface area (Å²) in [7, 11) is 0. The standard InChI is InChI=1S/C15H17N5O2S/c1-3-10-5-11-12(17-8-18-14(11)23-10)16-6-9-7-20(4-2)15(22)19-13(9)21/h5,7-8H,3-4,6H2,1-2H3,(H,16,17,18)(H,19,21,22). The van der Waals surface area contributed by atoms with Gasteiger partial charge >= 0.3 is 5.69 Å². The molecule has 23 heavy (non-hydrogen) atoms. The highest BCUT2D eigenvalue weighted by Gasteiger charge is 2.09. The minimum atomic E-state index is -0.393. The monoisotopic (exact) mass is 331 g/mol. The summed E-state index contributed by atoms with van der Waals surface area (Å²) in [5.41, 5.74) is -0.280. The van der Waals surface area contributed by atoms with E-state index in [2.05, 4.69) is 33.3 Å². The number of fused-ring (bicyclic) bond motifs is 1. The van der Waals surface area contributed by atoms with Gasteiger partial charge < -0.3 is 9.88 Å². The molecule has 0 aliphatic heterocycles. The maximum absolute atomic E-state index is 11.9. The zero-order valence-corrected chi connectivity index (χ0v) is 13.7. The molecule has 0 unspecified atom stereocenters. The number of thiophene rings is 1. The molecule has 0 aliphatic rings. The van der Waals surface area contributed by atoms with Crippen LogP contribution in [-0.2, 0) is 19.5 Å². The van der Waals surface area contributed by atoms with Crippen LogP contribution in [0.25, 0.3) is 10.2 Å². The molecule has 0 fully saturated rings. The highest BCUT2D eigenvalue weighted by Crippen LogP contribution is 2.28. The van der Waals surface area contributed by atoms with E-state index in [4.69, 9.17) is 0 Å². The van der Waals surface area contributed by atoms with E-state index < -0.39 is 5.69 Å². The van der Waals surface area contributed by atoms with Gasteiger partial charge in [-0.3, -0.25) is 9.78 Å². The van der Waals surface area contributed by atoms with Crippen molar-refractivity contribution in [2.24, 2.45) is 0 Å². The molecular weight excluding hydrogens is 314 g/mol. The lowest BCUT2D eigenvalue weighted by Gasteiger charge is -2.07. The van der Waals surface area contributed by atoms with Crippen LogP contribution < -0.4 is 16.6 Å². The molecule has 0 amide bonds. The molecule has 3 heterocycles. The summed E-state index contributed by atoms with van der Waals surface area (Å²) >= 11 is 1.64. The maximum Gasteiger partial charge on any atom is 0.328 e. The third-order valence-corrected chi connectivity index (χ3v) is 4.79. The van der Waals surface area contributed by atoms with Gasteiger partial charge in [-0.05, 0) is 19.4 Å². The smallest absolute Gasteiger partial charge is 0.328 e. The second kappa shape index (κ2) is 6.33. The summed E-state index contributed by atoms with van der Waals surface area (Å²) in [6.07, 6.45) is 4.04. The number of H-pyrrole nitrogens is 1. The number of anilines is 1. The minimum absolute atomic E-state index is 0.291. The van der Waals surface area contributed by atoms with Crippen molar-refractivity contribution in [2.45, 2.75) is 33.4 Å². The molecular formula is C15H17N5O2S. The van der Waals surface area contributed by atoms with Crippen molar-refractivity contribution in [3.8, 4) is 0 Å². The summed E-state index contributed by atoms with van der Waals surface area (Å²) in [5, 5.41) is 4.13. The van der Waals surface area contributed by atoms with Crippen LogP contribution in [0.5, 0.6) is 0 Å². The second-order valence-corrected chi connectivity index (χ2v) is 6.18. The van der Waals surface area contributed by atoms with Gasteiger partial charge in [0.15, 0.2) is 0 Å². The number of aromatic amines is 1. The first-order chi connectivity index (χ1) is 11.1. The summed E-state index contributed by atoms with van der Waals surface area (Å²) in [5.74, 6) is 0.694. The molecule has 120 valence electrons. The largest absolute Gasteiger partial charge is 0.365 e. The van der Waals surface area contributed by atoms with E-state index in [1.54, 1.807) is 17.5 Å². The zero-order valence-electron chi connectivity index (χ0n) is 12.9. The van der Waals surface area contributed by atoms with Crippen molar-refractivity contribution in [3.63, 3.8) is 0 Å². The Morgan fingerprint density at radius 3 is 2.87 bits per heavy atom. The number of aromatic nitrogens is 4. The van der Waals surface area contributed by atoms with Gasteiger partial charge in [-0.2, -0.15) is 0 Å². The second-order valence-electron chi connectivity index (χ2n) is 5.06. The van der Waals surface area contributed by atoms with E-state index in [1.807, 2.05) is 6.92 Å². The third kappa shape index (κ3) is 3.02. The lowest BCUT2D eigenvalue weighted by atomic mass is 10.3. The lowest BCUT2D eigenvalue weighted by Crippen LogP contribution is -2.32. The Kier molecular flexibility index (Phi) is 4.24. The highest BCUT2D eigenvalue weighted by molar-refractivity contribution is 7.18. The molecule has 8 heteroatoms. The van der Waals surface area contributed by atoms with E-state index in [-0.39, 0.29) is 5.56 Å². The SMILES string of the molecule is CCc1cc2c(NCc3cn(CC)c(=O)[nH]c3=O)ncnc2s1. The minimum Gasteiger partial charge on any atom is -0.365 e. The number of nitrogens with one attached hydrogen (secondary N) is 2. The van der Waals surface area contributed by atoms with Crippen LogP contribution in [0.1, 0.15) is 24.3 Å². The third-order valence-electron chi connectivity index (χ3n) is 3.60. The van der Waals surface area contributed by atoms with Crippen LogP contribution in [0.2, 0.25) is 0 Å². The fraction of sp³-hybridized carbons (Fsp3) is 0.333. The number of rotatable bonds is 5. The Morgan fingerprint density at radius 2 is 2.13 bits per heavy atom. The van der Waals surface area contributed by atoms with E-state index in [0.29, 0.717) is 24.5 Å². The fourth-order valence-electron chi connectivity index (χ4n) is 2.31. The van der Waals surface area contributed by atoms with Crippen molar-refractivity contribution in [2.75, 3.05) is 5.32 Å². The van der Waals surface area contributed by atoms with Gasteiger partial charge in [0.05, 0.1) is 10.9 Å². The summed E-state index contributed by atoms with van der Waals surface area (Å²) in [6, 6.07) is 2.07. The van der Waals surface area contributed by atoms with Crippen molar-refractivity contribution < 1.29 is 0 Å². The van der Waals surface area contributed by atoms with Gasteiger partial charge in [-0.1, -0.05) is 6.92 Å². The van der Waals surface area contributed by atoms with E-state index >= 15 is 0 Å². The number of hydrogen-bond acceptors (Lipinski definition) is 6. The van der Waals surface area contributed by atoms with Gasteiger partial charge in [0, 0.05) is 24.2 Å². The molecule has 0 aromatic carbocycles. The van der Waals surface area contributed by atoms with E-state index in [0.717, 1.165) is 16.6 Å². The van der Waals surface area contributed by atoms with Gasteiger partial charge in [0.1, 0.15) is 17.0 Å². The average Bonchev–Trinajstić information content (AvgIpc) is 2.98. The predicted molar refractivity (Wildman–Crippen MR) is 91.1 cm³/mol. The predicted octanol–water partition coefficient (Wildman–Crippen LogP) is 1.74. The van der Waals surface area contributed by atoms with Crippen LogP contribution in [-0.4, -0.2) is 19.5 Å². The molecule has 2 N–H and O–H groups in total. The van der Waals surface area contributed by atoms with Crippen LogP contribution in [0.3, 0.4) is 0 Å². The Labute approximate surface area is 136 Å². The molecule has 7 nitrogen and oxygen atoms in total. The van der Waals surface area contributed by atoms with E-state index in [1.165, 1.54) is 15.8 Å². The molecule has 3 aromatic heterocycles. The molecule has 0 saturated heterocycles. The zero-order chi connectivity index (χ0) is 16.4.